The van der Waals surface area contributed by atoms with Crippen LogP contribution in [0.25, 0.3) is 11.4 Å². The summed E-state index contributed by atoms with van der Waals surface area (Å²) in [5, 5.41) is 28.3. The molecule has 0 saturated carbocycles. The second kappa shape index (κ2) is 8.46. The molecule has 152 valence electrons. The summed E-state index contributed by atoms with van der Waals surface area (Å²) in [5.74, 6) is 0.760. The summed E-state index contributed by atoms with van der Waals surface area (Å²) >= 11 is 1.26. The summed E-state index contributed by atoms with van der Waals surface area (Å²) in [6, 6.07) is 15.7. The van der Waals surface area contributed by atoms with Gasteiger partial charge in [0.05, 0.1) is 18.6 Å². The van der Waals surface area contributed by atoms with Crippen LogP contribution in [0.4, 0.5) is 0 Å². The average Bonchev–Trinajstić information content (AvgIpc) is 3.39. The third-order valence-electron chi connectivity index (χ3n) is 4.52. The lowest BCUT2D eigenvalue weighted by Gasteiger charge is -2.09. The van der Waals surface area contributed by atoms with E-state index in [1.165, 1.54) is 30.0 Å². The molecule has 2 aromatic heterocycles. The highest BCUT2D eigenvalue weighted by atomic mass is 32.2. The molecule has 7 nitrogen and oxygen atoms in total. The first-order valence-corrected chi connectivity index (χ1v) is 10.2. The minimum absolute atomic E-state index is 0.105. The van der Waals surface area contributed by atoms with Gasteiger partial charge in [0.2, 0.25) is 0 Å². The molecule has 0 saturated heterocycles. The van der Waals surface area contributed by atoms with Gasteiger partial charge in [0, 0.05) is 11.1 Å². The van der Waals surface area contributed by atoms with Crippen LogP contribution in [0.2, 0.25) is 0 Å². The fraction of sp³-hybridized carbons (Fsp3) is 0.136. The number of aromatic hydroxyl groups is 2. The molecule has 4 aromatic rings. The molecule has 0 aliphatic rings. The second-order valence-electron chi connectivity index (χ2n) is 6.76. The minimum atomic E-state index is -0.325. The third kappa shape index (κ3) is 4.23. The number of furan rings is 1. The molecule has 8 heteroatoms. The van der Waals surface area contributed by atoms with Gasteiger partial charge in [0.15, 0.2) is 28.3 Å². The van der Waals surface area contributed by atoms with Gasteiger partial charge in [-0.15, -0.1) is 10.2 Å². The van der Waals surface area contributed by atoms with Crippen LogP contribution in [-0.4, -0.2) is 36.5 Å². The summed E-state index contributed by atoms with van der Waals surface area (Å²) in [6.45, 7) is 2.44. The van der Waals surface area contributed by atoms with Gasteiger partial charge in [0.1, 0.15) is 5.76 Å². The number of nitrogens with zero attached hydrogens (tertiary/aromatic N) is 3. The molecule has 0 aliphatic heterocycles. The standard InChI is InChI=1S/C22H19N3O4S/c1-14-4-2-5-16(10-14)21-23-24-22(25(21)12-17-6-3-9-29-17)30-13-20(28)15-7-8-18(26)19(27)11-15/h2-11,26-27H,12-13H2,1H3. The lowest BCUT2D eigenvalue weighted by atomic mass is 10.1. The molecule has 0 fully saturated rings. The van der Waals surface area contributed by atoms with E-state index in [4.69, 9.17) is 4.42 Å². The lowest BCUT2D eigenvalue weighted by Crippen LogP contribution is -2.06. The number of thioether (sulfide) groups is 1. The van der Waals surface area contributed by atoms with Gasteiger partial charge in [0.25, 0.3) is 0 Å². The molecular formula is C22H19N3O4S. The molecular weight excluding hydrogens is 402 g/mol. The zero-order valence-electron chi connectivity index (χ0n) is 16.1. The first kappa shape index (κ1) is 19.8. The van der Waals surface area contributed by atoms with Crippen LogP contribution in [0, 0.1) is 6.92 Å². The number of phenols is 2. The van der Waals surface area contributed by atoms with Crippen molar-refractivity contribution in [3.63, 3.8) is 0 Å². The number of rotatable bonds is 7. The van der Waals surface area contributed by atoms with Gasteiger partial charge in [-0.25, -0.2) is 0 Å². The number of hydrogen-bond donors (Lipinski definition) is 2. The van der Waals surface area contributed by atoms with Gasteiger partial charge >= 0.3 is 0 Å². The Morgan fingerprint density at radius 3 is 2.67 bits per heavy atom. The summed E-state index contributed by atoms with van der Waals surface area (Å²) < 4.78 is 7.41. The van der Waals surface area contributed by atoms with E-state index in [0.29, 0.717) is 23.1 Å². The molecule has 2 aromatic carbocycles. The topological polar surface area (TPSA) is 101 Å². The maximum absolute atomic E-state index is 12.5. The number of aromatic nitrogens is 3. The summed E-state index contributed by atoms with van der Waals surface area (Å²) in [5.41, 5.74) is 2.35. The highest BCUT2D eigenvalue weighted by Crippen LogP contribution is 2.28. The van der Waals surface area contributed by atoms with Crippen LogP contribution in [0.3, 0.4) is 0 Å². The molecule has 0 spiro atoms. The molecule has 0 bridgehead atoms. The van der Waals surface area contributed by atoms with Crippen LogP contribution in [0.15, 0.2) is 70.4 Å². The first-order chi connectivity index (χ1) is 14.5. The van der Waals surface area contributed by atoms with E-state index in [0.717, 1.165) is 16.9 Å². The monoisotopic (exact) mass is 421 g/mol. The Bertz CT molecular complexity index is 1190. The molecule has 0 aliphatic carbocycles. The van der Waals surface area contributed by atoms with E-state index in [2.05, 4.69) is 10.2 Å². The number of carbonyl (C=O) groups is 1. The van der Waals surface area contributed by atoms with Crippen molar-refractivity contribution in [2.75, 3.05) is 5.75 Å². The number of carbonyl (C=O) groups excluding carboxylic acids is 1. The molecule has 0 radical (unpaired) electrons. The predicted molar refractivity (Wildman–Crippen MR) is 113 cm³/mol. The number of ketones is 1. The SMILES string of the molecule is Cc1cccc(-c2nnc(SCC(=O)c3ccc(O)c(O)c3)n2Cc2ccco2)c1. The van der Waals surface area contributed by atoms with Crippen molar-refractivity contribution in [3.05, 3.63) is 77.7 Å². The Balaban J connectivity index is 1.60. The lowest BCUT2D eigenvalue weighted by molar-refractivity contribution is 0.102. The fourth-order valence-corrected chi connectivity index (χ4v) is 3.84. The first-order valence-electron chi connectivity index (χ1n) is 9.22. The van der Waals surface area contributed by atoms with Crippen LogP contribution in [0.5, 0.6) is 11.5 Å². The molecule has 30 heavy (non-hydrogen) atoms. The zero-order chi connectivity index (χ0) is 21.1. The largest absolute Gasteiger partial charge is 0.504 e. The van der Waals surface area contributed by atoms with Crippen molar-refractivity contribution in [1.82, 2.24) is 14.8 Å². The van der Waals surface area contributed by atoms with Crippen LogP contribution >= 0.6 is 11.8 Å². The third-order valence-corrected chi connectivity index (χ3v) is 5.48. The summed E-state index contributed by atoms with van der Waals surface area (Å²) in [6.07, 6.45) is 1.61. The van der Waals surface area contributed by atoms with E-state index < -0.39 is 0 Å². The zero-order valence-corrected chi connectivity index (χ0v) is 17.0. The van der Waals surface area contributed by atoms with Gasteiger partial charge in [-0.1, -0.05) is 35.5 Å². The quantitative estimate of drug-likeness (QED) is 0.261. The molecule has 2 heterocycles. The second-order valence-corrected chi connectivity index (χ2v) is 7.70. The van der Waals surface area contributed by atoms with Crippen LogP contribution in [0.1, 0.15) is 21.7 Å². The maximum atomic E-state index is 12.5. The number of hydrogen-bond acceptors (Lipinski definition) is 7. The van der Waals surface area contributed by atoms with Gasteiger partial charge in [-0.2, -0.15) is 0 Å². The maximum Gasteiger partial charge on any atom is 0.192 e. The Hall–Kier alpha value is -3.52. The Morgan fingerprint density at radius 2 is 1.93 bits per heavy atom. The van der Waals surface area contributed by atoms with E-state index in [1.54, 1.807) is 6.26 Å². The number of aryl methyl sites for hydroxylation is 1. The van der Waals surface area contributed by atoms with E-state index in [-0.39, 0.29) is 23.0 Å². The Kier molecular flexibility index (Phi) is 5.58. The molecule has 0 atom stereocenters. The fourth-order valence-electron chi connectivity index (χ4n) is 3.00. The Labute approximate surface area is 177 Å². The normalized spacial score (nSPS) is 11.0. The van der Waals surface area contributed by atoms with Crippen LogP contribution in [-0.2, 0) is 6.54 Å². The van der Waals surface area contributed by atoms with Crippen molar-refractivity contribution in [3.8, 4) is 22.9 Å². The van der Waals surface area contributed by atoms with Gasteiger partial charge < -0.3 is 14.6 Å². The van der Waals surface area contributed by atoms with Gasteiger partial charge in [-0.3, -0.25) is 9.36 Å². The van der Waals surface area contributed by atoms with Crippen molar-refractivity contribution in [1.29, 1.82) is 0 Å². The highest BCUT2D eigenvalue weighted by Gasteiger charge is 2.18. The predicted octanol–water partition coefficient (Wildman–Crippen LogP) is 4.28. The van der Waals surface area contributed by atoms with Crippen molar-refractivity contribution < 1.29 is 19.4 Å². The van der Waals surface area contributed by atoms with Crippen molar-refractivity contribution in [2.45, 2.75) is 18.6 Å². The molecule has 4 rings (SSSR count). The van der Waals surface area contributed by atoms with Gasteiger partial charge in [-0.05, 0) is 43.3 Å². The average molecular weight is 421 g/mol. The highest BCUT2D eigenvalue weighted by molar-refractivity contribution is 7.99. The van der Waals surface area contributed by atoms with Crippen molar-refractivity contribution >= 4 is 17.5 Å². The number of phenolic OH excluding ortho intramolecular Hbond substituents is 2. The smallest absolute Gasteiger partial charge is 0.192 e. The summed E-state index contributed by atoms with van der Waals surface area (Å²) in [4.78, 5) is 12.5. The summed E-state index contributed by atoms with van der Waals surface area (Å²) in [7, 11) is 0. The van der Waals surface area contributed by atoms with E-state index >= 15 is 0 Å². The Morgan fingerprint density at radius 1 is 1.07 bits per heavy atom. The van der Waals surface area contributed by atoms with E-state index in [9.17, 15) is 15.0 Å². The molecule has 2 N–H and O–H groups in total. The van der Waals surface area contributed by atoms with Crippen LogP contribution < -0.4 is 0 Å². The van der Waals surface area contributed by atoms with E-state index in [1.807, 2.05) is 47.9 Å². The van der Waals surface area contributed by atoms with Crippen molar-refractivity contribution in [2.24, 2.45) is 0 Å². The molecule has 0 amide bonds. The minimum Gasteiger partial charge on any atom is -0.504 e. The number of benzene rings is 2. The number of Topliss-reactive ketones (excluding diaryl/α,β-unsaturated/α-hetero) is 1. The molecule has 0 unspecified atom stereocenters.